The average Bonchev–Trinajstić information content (AvgIpc) is 3.25. The van der Waals surface area contributed by atoms with Gasteiger partial charge in [0.1, 0.15) is 0 Å². The van der Waals surface area contributed by atoms with Crippen LogP contribution in [0, 0.1) is 13.8 Å². The van der Waals surface area contributed by atoms with Gasteiger partial charge in [-0.2, -0.15) is 5.10 Å². The molecule has 2 aromatic heterocycles. The highest BCUT2D eigenvalue weighted by atomic mass is 32.2. The van der Waals surface area contributed by atoms with Crippen LogP contribution >= 0.6 is 11.3 Å². The third-order valence-electron chi connectivity index (χ3n) is 4.54. The minimum absolute atomic E-state index is 0.177. The van der Waals surface area contributed by atoms with Crippen molar-refractivity contribution in [3.8, 4) is 0 Å². The summed E-state index contributed by atoms with van der Waals surface area (Å²) in [5.74, 6) is 0.365. The first-order valence-corrected chi connectivity index (χ1v) is 11.3. The number of sulfonamides is 1. The molecule has 0 radical (unpaired) electrons. The third kappa shape index (κ3) is 4.48. The quantitative estimate of drug-likeness (QED) is 0.641. The van der Waals surface area contributed by atoms with Crippen LogP contribution in [0.25, 0.3) is 0 Å². The summed E-state index contributed by atoms with van der Waals surface area (Å²) in [4.78, 5) is 1.35. The maximum Gasteiger partial charge on any atom is 0.240 e. The number of aryl methyl sites for hydroxylation is 2. The molecule has 5 nitrogen and oxygen atoms in total. The van der Waals surface area contributed by atoms with E-state index in [4.69, 9.17) is 0 Å². The Hall–Kier alpha value is -1.96. The van der Waals surface area contributed by atoms with Crippen LogP contribution in [0.3, 0.4) is 0 Å². The normalized spacial score (nSPS) is 13.2. The Morgan fingerprint density at radius 1 is 1.15 bits per heavy atom. The molecule has 0 spiro atoms. The van der Waals surface area contributed by atoms with Crippen molar-refractivity contribution in [1.82, 2.24) is 14.5 Å². The summed E-state index contributed by atoms with van der Waals surface area (Å²) in [6.45, 7) is 8.34. The molecule has 0 fully saturated rings. The number of hydrogen-bond acceptors (Lipinski definition) is 4. The summed E-state index contributed by atoms with van der Waals surface area (Å²) < 4.78 is 30.2. The summed E-state index contributed by atoms with van der Waals surface area (Å²) in [6, 6.07) is 12.9. The molecule has 0 saturated heterocycles. The number of hydrogen-bond donors (Lipinski definition) is 1. The van der Waals surface area contributed by atoms with Gasteiger partial charge in [0.15, 0.2) is 0 Å². The zero-order valence-corrected chi connectivity index (χ0v) is 17.6. The van der Waals surface area contributed by atoms with Crippen molar-refractivity contribution in [3.05, 3.63) is 69.7 Å². The van der Waals surface area contributed by atoms with Crippen molar-refractivity contribution in [2.75, 3.05) is 6.54 Å². The molecule has 7 heteroatoms. The summed E-state index contributed by atoms with van der Waals surface area (Å²) in [5, 5.41) is 6.55. The molecule has 2 heterocycles. The van der Waals surface area contributed by atoms with Gasteiger partial charge in [0, 0.05) is 17.1 Å². The van der Waals surface area contributed by atoms with Gasteiger partial charge in [-0.05, 0) is 55.0 Å². The van der Waals surface area contributed by atoms with Crippen molar-refractivity contribution in [3.63, 3.8) is 0 Å². The zero-order valence-electron chi connectivity index (χ0n) is 16.0. The van der Waals surface area contributed by atoms with E-state index in [1.165, 1.54) is 0 Å². The van der Waals surface area contributed by atoms with Crippen LogP contribution in [0.1, 0.15) is 47.6 Å². The Kier molecular flexibility index (Phi) is 5.83. The van der Waals surface area contributed by atoms with Gasteiger partial charge in [-0.1, -0.05) is 32.0 Å². The standard InChI is InChI=1S/C20H25N3O2S2/c1-14(2)17-7-9-18(10-8-17)27(24,25)21-13-19(20-6-5-11-26-20)23-16(4)12-15(3)22-23/h5-12,14,19,21H,13H2,1-4H3. The Balaban J connectivity index is 1.83. The van der Waals surface area contributed by atoms with E-state index in [0.717, 1.165) is 21.8 Å². The average molecular weight is 404 g/mol. The maximum atomic E-state index is 12.8. The Bertz CT molecular complexity index is 989. The second-order valence-electron chi connectivity index (χ2n) is 6.98. The van der Waals surface area contributed by atoms with Gasteiger partial charge >= 0.3 is 0 Å². The number of benzene rings is 1. The van der Waals surface area contributed by atoms with Gasteiger partial charge in [0.25, 0.3) is 0 Å². The van der Waals surface area contributed by atoms with E-state index in [2.05, 4.69) is 23.7 Å². The smallest absolute Gasteiger partial charge is 0.240 e. The van der Waals surface area contributed by atoms with Crippen molar-refractivity contribution in [1.29, 1.82) is 0 Å². The molecule has 0 aliphatic heterocycles. The molecule has 1 atom stereocenters. The second-order valence-corrected chi connectivity index (χ2v) is 9.72. The Labute approximate surface area is 165 Å². The lowest BCUT2D eigenvalue weighted by Crippen LogP contribution is -2.32. The molecule has 0 saturated carbocycles. The number of rotatable bonds is 7. The summed E-state index contributed by atoms with van der Waals surface area (Å²) in [5.41, 5.74) is 3.04. The highest BCUT2D eigenvalue weighted by Crippen LogP contribution is 2.25. The van der Waals surface area contributed by atoms with E-state index < -0.39 is 10.0 Å². The number of nitrogens with zero attached hydrogens (tertiary/aromatic N) is 2. The molecule has 3 aromatic rings. The lowest BCUT2D eigenvalue weighted by Gasteiger charge is -2.19. The largest absolute Gasteiger partial charge is 0.260 e. The molecule has 0 aliphatic rings. The monoisotopic (exact) mass is 403 g/mol. The molecule has 0 aliphatic carbocycles. The molecule has 1 N–H and O–H groups in total. The predicted octanol–water partition coefficient (Wildman–Crippen LogP) is 4.25. The molecular weight excluding hydrogens is 378 g/mol. The highest BCUT2D eigenvalue weighted by molar-refractivity contribution is 7.89. The van der Waals surface area contributed by atoms with Crippen molar-refractivity contribution >= 4 is 21.4 Å². The molecule has 27 heavy (non-hydrogen) atoms. The molecular formula is C20H25N3O2S2. The van der Waals surface area contributed by atoms with Gasteiger partial charge in [0.05, 0.1) is 16.6 Å². The molecule has 0 amide bonds. The van der Waals surface area contributed by atoms with Crippen LogP contribution in [0.2, 0.25) is 0 Å². The van der Waals surface area contributed by atoms with Crippen LogP contribution in [0.15, 0.2) is 52.7 Å². The van der Waals surface area contributed by atoms with Crippen molar-refractivity contribution in [2.24, 2.45) is 0 Å². The SMILES string of the molecule is Cc1cc(C)n(C(CNS(=O)(=O)c2ccc(C(C)C)cc2)c2cccs2)n1. The van der Waals surface area contributed by atoms with Gasteiger partial charge < -0.3 is 0 Å². The molecule has 144 valence electrons. The van der Waals surface area contributed by atoms with E-state index in [1.54, 1.807) is 23.5 Å². The van der Waals surface area contributed by atoms with Gasteiger partial charge in [0.2, 0.25) is 10.0 Å². The summed E-state index contributed by atoms with van der Waals surface area (Å²) in [6.07, 6.45) is 0. The first kappa shape index (κ1) is 19.8. The number of aromatic nitrogens is 2. The van der Waals surface area contributed by atoms with Gasteiger partial charge in [-0.3, -0.25) is 4.68 Å². The first-order valence-electron chi connectivity index (χ1n) is 8.93. The third-order valence-corrected chi connectivity index (χ3v) is 6.95. The molecule has 1 unspecified atom stereocenters. The van der Waals surface area contributed by atoms with Crippen LogP contribution in [-0.4, -0.2) is 24.7 Å². The van der Waals surface area contributed by atoms with Gasteiger partial charge in [-0.25, -0.2) is 13.1 Å². The summed E-state index contributed by atoms with van der Waals surface area (Å²) in [7, 11) is -3.59. The van der Waals surface area contributed by atoms with Crippen LogP contribution < -0.4 is 4.72 Å². The van der Waals surface area contributed by atoms with E-state index in [1.807, 2.05) is 54.2 Å². The second kappa shape index (κ2) is 7.96. The predicted molar refractivity (Wildman–Crippen MR) is 110 cm³/mol. The lowest BCUT2D eigenvalue weighted by molar-refractivity contribution is 0.499. The van der Waals surface area contributed by atoms with Crippen molar-refractivity contribution in [2.45, 2.75) is 44.6 Å². The van der Waals surface area contributed by atoms with Crippen LogP contribution in [0.4, 0.5) is 0 Å². The summed E-state index contributed by atoms with van der Waals surface area (Å²) >= 11 is 1.60. The zero-order chi connectivity index (χ0) is 19.6. The fourth-order valence-electron chi connectivity index (χ4n) is 3.05. The Morgan fingerprint density at radius 2 is 1.85 bits per heavy atom. The van der Waals surface area contributed by atoms with E-state index in [9.17, 15) is 8.42 Å². The lowest BCUT2D eigenvalue weighted by atomic mass is 10.0. The Morgan fingerprint density at radius 3 is 2.37 bits per heavy atom. The first-order chi connectivity index (χ1) is 12.8. The molecule has 3 rings (SSSR count). The molecule has 0 bridgehead atoms. The number of thiophene rings is 1. The van der Waals surface area contributed by atoms with Crippen LogP contribution in [-0.2, 0) is 10.0 Å². The van der Waals surface area contributed by atoms with E-state index >= 15 is 0 Å². The van der Waals surface area contributed by atoms with Crippen molar-refractivity contribution < 1.29 is 8.42 Å². The number of nitrogens with one attached hydrogen (secondary N) is 1. The minimum atomic E-state index is -3.59. The topological polar surface area (TPSA) is 64.0 Å². The van der Waals surface area contributed by atoms with E-state index in [0.29, 0.717) is 5.92 Å². The minimum Gasteiger partial charge on any atom is -0.260 e. The van der Waals surface area contributed by atoms with Gasteiger partial charge in [-0.15, -0.1) is 11.3 Å². The molecule has 1 aromatic carbocycles. The highest BCUT2D eigenvalue weighted by Gasteiger charge is 2.22. The van der Waals surface area contributed by atoms with E-state index in [-0.39, 0.29) is 17.5 Å². The fraction of sp³-hybridized carbons (Fsp3) is 0.350. The van der Waals surface area contributed by atoms with Crippen LogP contribution in [0.5, 0.6) is 0 Å². The maximum absolute atomic E-state index is 12.8. The fourth-order valence-corrected chi connectivity index (χ4v) is 4.90.